The van der Waals surface area contributed by atoms with Crippen molar-refractivity contribution in [3.8, 4) is 17.3 Å². The molecule has 0 bridgehead atoms. The average molecular weight is 411 g/mol. The molecule has 1 N–H and O–H groups in total. The van der Waals surface area contributed by atoms with Crippen LogP contribution in [0.15, 0.2) is 48.9 Å². The molecule has 0 unspecified atom stereocenters. The quantitative estimate of drug-likeness (QED) is 0.558. The molecule has 11 heteroatoms. The number of alkyl halides is 3. The fourth-order valence-electron chi connectivity index (χ4n) is 2.95. The number of nitrogens with zero attached hydrogens (tertiary/aromatic N) is 6. The molecule has 0 fully saturated rings. The molecular weight excluding hydrogens is 399 g/mol. The molecule has 3 heterocycles. The van der Waals surface area contributed by atoms with E-state index in [1.165, 1.54) is 27.8 Å². The molecule has 4 rings (SSSR count). The second-order valence-corrected chi connectivity index (χ2v) is 6.35. The van der Waals surface area contributed by atoms with E-state index in [0.29, 0.717) is 11.2 Å². The molecule has 0 saturated carbocycles. The third kappa shape index (κ3) is 3.46. The van der Waals surface area contributed by atoms with E-state index >= 15 is 0 Å². The van der Waals surface area contributed by atoms with Gasteiger partial charge in [0, 0.05) is 12.6 Å². The molecule has 8 nitrogen and oxygen atoms in total. The summed E-state index contributed by atoms with van der Waals surface area (Å²) in [5, 5.41) is 19.7. The van der Waals surface area contributed by atoms with Crippen molar-refractivity contribution in [2.75, 3.05) is 5.32 Å². The Morgan fingerprint density at radius 2 is 2.00 bits per heavy atom. The van der Waals surface area contributed by atoms with Crippen LogP contribution in [0.4, 0.5) is 18.9 Å². The highest BCUT2D eigenvalue weighted by molar-refractivity contribution is 6.01. The zero-order valence-corrected chi connectivity index (χ0v) is 15.3. The van der Waals surface area contributed by atoms with Crippen LogP contribution in [0.3, 0.4) is 0 Å². The topological polar surface area (TPSA) is 101 Å². The average Bonchev–Trinajstić information content (AvgIpc) is 3.32. The first kappa shape index (κ1) is 19.1. The molecule has 1 aromatic carbocycles. The molecule has 0 aliphatic heterocycles. The number of aryl methyl sites for hydroxylation is 1. The summed E-state index contributed by atoms with van der Waals surface area (Å²) < 4.78 is 42.9. The monoisotopic (exact) mass is 411 g/mol. The van der Waals surface area contributed by atoms with Gasteiger partial charge in [0.1, 0.15) is 6.33 Å². The summed E-state index contributed by atoms with van der Waals surface area (Å²) in [7, 11) is 1.57. The van der Waals surface area contributed by atoms with Crippen molar-refractivity contribution >= 4 is 17.1 Å². The second kappa shape index (κ2) is 7.00. The summed E-state index contributed by atoms with van der Waals surface area (Å²) in [6.45, 7) is 0. The minimum absolute atomic E-state index is 0.0520. The highest BCUT2D eigenvalue weighted by atomic mass is 19.4. The number of carbonyl (C=O) groups excluding carboxylic acids is 1. The fraction of sp³-hybridized carbons (Fsp3) is 0.105. The molecule has 30 heavy (non-hydrogen) atoms. The predicted molar refractivity (Wildman–Crippen MR) is 99.3 cm³/mol. The molecule has 1 amide bonds. The van der Waals surface area contributed by atoms with Gasteiger partial charge >= 0.3 is 6.18 Å². The van der Waals surface area contributed by atoms with Crippen molar-refractivity contribution in [3.05, 3.63) is 65.9 Å². The molecule has 0 saturated heterocycles. The van der Waals surface area contributed by atoms with Crippen molar-refractivity contribution in [2.24, 2.45) is 7.05 Å². The van der Waals surface area contributed by atoms with E-state index in [0.717, 1.165) is 18.2 Å². The van der Waals surface area contributed by atoms with E-state index in [4.69, 9.17) is 5.26 Å². The van der Waals surface area contributed by atoms with Crippen molar-refractivity contribution in [1.29, 1.82) is 5.26 Å². The number of halogens is 3. The number of amides is 1. The van der Waals surface area contributed by atoms with E-state index in [1.54, 1.807) is 19.2 Å². The number of nitrogens with one attached hydrogen (secondary N) is 1. The minimum Gasteiger partial charge on any atom is -0.318 e. The Hall–Kier alpha value is -4.20. The lowest BCUT2D eigenvalue weighted by atomic mass is 10.0. The summed E-state index contributed by atoms with van der Waals surface area (Å²) in [6.07, 6.45) is -1.89. The molecule has 150 valence electrons. The zero-order chi connectivity index (χ0) is 21.5. The van der Waals surface area contributed by atoms with Crippen LogP contribution in [0.5, 0.6) is 0 Å². The van der Waals surface area contributed by atoms with Gasteiger partial charge in [-0.2, -0.15) is 28.6 Å². The van der Waals surface area contributed by atoms with Gasteiger partial charge in [-0.3, -0.25) is 4.79 Å². The molecular formula is C19H12F3N7O. The van der Waals surface area contributed by atoms with Crippen molar-refractivity contribution in [3.63, 3.8) is 0 Å². The number of aromatic nitrogens is 5. The number of anilines is 1. The molecule has 0 aliphatic carbocycles. The lowest BCUT2D eigenvalue weighted by Gasteiger charge is -2.11. The van der Waals surface area contributed by atoms with E-state index in [2.05, 4.69) is 20.5 Å². The Bertz CT molecular complexity index is 1310. The van der Waals surface area contributed by atoms with E-state index in [9.17, 15) is 18.0 Å². The van der Waals surface area contributed by atoms with Crippen molar-refractivity contribution in [2.45, 2.75) is 6.18 Å². The van der Waals surface area contributed by atoms with Gasteiger partial charge in [-0.1, -0.05) is 0 Å². The largest absolute Gasteiger partial charge is 0.417 e. The van der Waals surface area contributed by atoms with Crippen LogP contribution in [0, 0.1) is 11.3 Å². The Labute approximate surface area is 167 Å². The maximum Gasteiger partial charge on any atom is 0.417 e. The van der Waals surface area contributed by atoms with Crippen LogP contribution >= 0.6 is 0 Å². The number of pyridine rings is 1. The summed E-state index contributed by atoms with van der Waals surface area (Å²) in [5.74, 6) is -0.401. The number of carbonyl (C=O) groups is 1. The van der Waals surface area contributed by atoms with E-state index < -0.39 is 17.6 Å². The predicted octanol–water partition coefficient (Wildman–Crippen LogP) is 3.27. The van der Waals surface area contributed by atoms with Gasteiger partial charge in [-0.25, -0.2) is 14.2 Å². The van der Waals surface area contributed by atoms with Gasteiger partial charge in [0.15, 0.2) is 0 Å². The van der Waals surface area contributed by atoms with Crippen LogP contribution in [-0.4, -0.2) is 30.3 Å². The number of nitriles is 1. The SMILES string of the molecule is Cn1ncnc1C(=O)Nc1ccc2cc(-c3cc(C#N)ccc3C(F)(F)F)nn2c1. The maximum absolute atomic E-state index is 13.4. The number of benzene rings is 1. The first-order valence-electron chi connectivity index (χ1n) is 8.53. The van der Waals surface area contributed by atoms with Gasteiger partial charge in [-0.15, -0.1) is 0 Å². The minimum atomic E-state index is -4.60. The standard InChI is InChI=1S/C19H12F3N7O/c1-28-17(24-10-25-28)18(30)26-12-3-4-13-7-16(27-29(13)9-12)14-6-11(8-23)2-5-15(14)19(20,21)22/h2-7,9-10H,1H3,(H,26,30). The summed E-state index contributed by atoms with van der Waals surface area (Å²) in [6, 6.07) is 9.63. The van der Waals surface area contributed by atoms with Crippen LogP contribution in [0.2, 0.25) is 0 Å². The first-order chi connectivity index (χ1) is 14.3. The molecule has 3 aromatic heterocycles. The summed E-state index contributed by atoms with van der Waals surface area (Å²) in [4.78, 5) is 16.1. The second-order valence-electron chi connectivity index (χ2n) is 6.35. The van der Waals surface area contributed by atoms with E-state index in [-0.39, 0.29) is 22.6 Å². The normalized spacial score (nSPS) is 11.4. The smallest absolute Gasteiger partial charge is 0.318 e. The lowest BCUT2D eigenvalue weighted by Crippen LogP contribution is -2.17. The number of hydrogen-bond acceptors (Lipinski definition) is 5. The zero-order valence-electron chi connectivity index (χ0n) is 15.3. The summed E-state index contributed by atoms with van der Waals surface area (Å²) >= 11 is 0. The van der Waals surface area contributed by atoms with Crippen LogP contribution in [0.1, 0.15) is 21.7 Å². The third-order valence-corrected chi connectivity index (χ3v) is 4.36. The van der Waals surface area contributed by atoms with Gasteiger partial charge in [-0.05, 0) is 36.4 Å². The molecule has 0 atom stereocenters. The maximum atomic E-state index is 13.4. The summed E-state index contributed by atoms with van der Waals surface area (Å²) in [5.41, 5.74) is -0.0670. The van der Waals surface area contributed by atoms with Gasteiger partial charge in [0.05, 0.1) is 40.3 Å². The Morgan fingerprint density at radius 1 is 1.20 bits per heavy atom. The highest BCUT2D eigenvalue weighted by Gasteiger charge is 2.34. The van der Waals surface area contributed by atoms with Gasteiger partial charge < -0.3 is 5.32 Å². The number of hydrogen-bond donors (Lipinski definition) is 1. The van der Waals surface area contributed by atoms with Gasteiger partial charge in [0.25, 0.3) is 5.91 Å². The van der Waals surface area contributed by atoms with Crippen LogP contribution in [-0.2, 0) is 13.2 Å². The van der Waals surface area contributed by atoms with E-state index in [1.807, 2.05) is 6.07 Å². The molecule has 4 aromatic rings. The van der Waals surface area contributed by atoms with Crippen molar-refractivity contribution in [1.82, 2.24) is 24.4 Å². The Balaban J connectivity index is 1.73. The van der Waals surface area contributed by atoms with Gasteiger partial charge in [0.2, 0.25) is 5.82 Å². The van der Waals surface area contributed by atoms with Crippen LogP contribution < -0.4 is 5.32 Å². The van der Waals surface area contributed by atoms with Crippen LogP contribution in [0.25, 0.3) is 16.8 Å². The molecule has 0 aliphatic rings. The molecule has 0 radical (unpaired) electrons. The fourth-order valence-corrected chi connectivity index (χ4v) is 2.95. The third-order valence-electron chi connectivity index (χ3n) is 4.36. The molecule has 0 spiro atoms. The van der Waals surface area contributed by atoms with Crippen molar-refractivity contribution < 1.29 is 18.0 Å². The Kier molecular flexibility index (Phi) is 4.46. The highest BCUT2D eigenvalue weighted by Crippen LogP contribution is 2.37. The number of fused-ring (bicyclic) bond motifs is 1. The lowest BCUT2D eigenvalue weighted by molar-refractivity contribution is -0.137. The Morgan fingerprint density at radius 3 is 2.67 bits per heavy atom. The number of rotatable bonds is 3. The first-order valence-corrected chi connectivity index (χ1v) is 8.53.